The Balaban J connectivity index is 2.22. The lowest BCUT2D eigenvalue weighted by molar-refractivity contribution is 0.0527. The molecule has 0 saturated carbocycles. The van der Waals surface area contributed by atoms with Crippen LogP contribution in [0.4, 0.5) is 5.00 Å². The molecule has 0 spiro atoms. The number of thiophene rings is 1. The molecule has 0 aliphatic rings. The van der Waals surface area contributed by atoms with Crippen molar-refractivity contribution in [2.45, 2.75) is 20.8 Å². The van der Waals surface area contributed by atoms with Crippen LogP contribution in [0.5, 0.6) is 5.75 Å². The number of carbonyl (C=O) groups is 3. The highest BCUT2D eigenvalue weighted by molar-refractivity contribution is 7.80. The molecule has 1 aromatic heterocycles. The van der Waals surface area contributed by atoms with E-state index in [9.17, 15) is 14.4 Å². The van der Waals surface area contributed by atoms with Gasteiger partial charge in [-0.05, 0) is 56.8 Å². The number of carbonyl (C=O) groups excluding carboxylic acids is 3. The SMILES string of the molecule is CCOC(=O)c1c(NC(=S)NC(=O)c2ccc(OCC)c(Cl)c2)sc(C(=O)OC)c1C. The molecular weight excluding hydrogens is 464 g/mol. The zero-order valence-corrected chi connectivity index (χ0v) is 19.7. The van der Waals surface area contributed by atoms with Gasteiger partial charge in [-0.2, -0.15) is 0 Å². The van der Waals surface area contributed by atoms with Gasteiger partial charge in [0.25, 0.3) is 5.91 Å². The predicted molar refractivity (Wildman–Crippen MR) is 123 cm³/mol. The number of nitrogens with one attached hydrogen (secondary N) is 2. The minimum Gasteiger partial charge on any atom is -0.492 e. The van der Waals surface area contributed by atoms with Gasteiger partial charge in [0.05, 0.1) is 30.9 Å². The van der Waals surface area contributed by atoms with Crippen LogP contribution in [0, 0.1) is 6.92 Å². The lowest BCUT2D eigenvalue weighted by atomic mass is 10.1. The minimum atomic E-state index is -0.624. The first-order valence-electron chi connectivity index (χ1n) is 9.16. The first-order valence-corrected chi connectivity index (χ1v) is 10.8. The molecule has 8 nitrogen and oxygen atoms in total. The normalized spacial score (nSPS) is 10.2. The number of halogens is 1. The molecule has 0 atom stereocenters. The lowest BCUT2D eigenvalue weighted by Crippen LogP contribution is -2.34. The molecule has 0 saturated heterocycles. The van der Waals surface area contributed by atoms with E-state index >= 15 is 0 Å². The van der Waals surface area contributed by atoms with E-state index in [4.69, 9.17) is 38.0 Å². The highest BCUT2D eigenvalue weighted by Gasteiger charge is 2.27. The van der Waals surface area contributed by atoms with Crippen LogP contribution in [0.2, 0.25) is 5.02 Å². The van der Waals surface area contributed by atoms with Crippen molar-refractivity contribution in [3.63, 3.8) is 0 Å². The lowest BCUT2D eigenvalue weighted by Gasteiger charge is -2.11. The van der Waals surface area contributed by atoms with Gasteiger partial charge in [-0.3, -0.25) is 10.1 Å². The second-order valence-electron chi connectivity index (χ2n) is 5.96. The number of hydrogen-bond donors (Lipinski definition) is 2. The fourth-order valence-corrected chi connectivity index (χ4v) is 4.17. The number of rotatable bonds is 7. The van der Waals surface area contributed by atoms with E-state index in [1.807, 2.05) is 6.92 Å². The predicted octanol–water partition coefficient (Wildman–Crippen LogP) is 4.20. The highest BCUT2D eigenvalue weighted by atomic mass is 35.5. The summed E-state index contributed by atoms with van der Waals surface area (Å²) >= 11 is 12.3. The van der Waals surface area contributed by atoms with Gasteiger partial charge in [-0.1, -0.05) is 11.6 Å². The van der Waals surface area contributed by atoms with E-state index in [1.54, 1.807) is 26.0 Å². The third-order valence-electron chi connectivity index (χ3n) is 3.95. The average Bonchev–Trinajstić information content (AvgIpc) is 3.04. The largest absolute Gasteiger partial charge is 0.492 e. The second kappa shape index (κ2) is 11.1. The quantitative estimate of drug-likeness (QED) is 0.445. The van der Waals surface area contributed by atoms with Crippen LogP contribution in [0.15, 0.2) is 18.2 Å². The van der Waals surface area contributed by atoms with E-state index < -0.39 is 17.8 Å². The van der Waals surface area contributed by atoms with E-state index in [0.29, 0.717) is 17.9 Å². The summed E-state index contributed by atoms with van der Waals surface area (Å²) in [5.41, 5.74) is 0.805. The molecule has 0 unspecified atom stereocenters. The summed E-state index contributed by atoms with van der Waals surface area (Å²) in [6, 6.07) is 4.59. The number of hydrogen-bond acceptors (Lipinski definition) is 8. The van der Waals surface area contributed by atoms with Crippen molar-refractivity contribution in [2.24, 2.45) is 0 Å². The van der Waals surface area contributed by atoms with Gasteiger partial charge >= 0.3 is 11.9 Å². The third-order valence-corrected chi connectivity index (χ3v) is 5.63. The molecule has 1 amide bonds. The number of esters is 2. The number of amides is 1. The van der Waals surface area contributed by atoms with Crippen molar-refractivity contribution >= 4 is 63.1 Å². The first kappa shape index (κ1) is 24.6. The summed E-state index contributed by atoms with van der Waals surface area (Å²) in [6.07, 6.45) is 0. The first-order chi connectivity index (χ1) is 14.7. The highest BCUT2D eigenvalue weighted by Crippen LogP contribution is 2.34. The summed E-state index contributed by atoms with van der Waals surface area (Å²) in [7, 11) is 1.24. The number of thiocarbonyl (C=S) groups is 1. The topological polar surface area (TPSA) is 103 Å². The van der Waals surface area contributed by atoms with Crippen molar-refractivity contribution < 1.29 is 28.6 Å². The monoisotopic (exact) mass is 484 g/mol. The molecule has 2 aromatic rings. The minimum absolute atomic E-state index is 0.0711. The van der Waals surface area contributed by atoms with E-state index in [1.165, 1.54) is 13.2 Å². The molecule has 1 heterocycles. The van der Waals surface area contributed by atoms with Gasteiger partial charge < -0.3 is 19.5 Å². The molecule has 31 heavy (non-hydrogen) atoms. The Hall–Kier alpha value is -2.69. The zero-order valence-electron chi connectivity index (χ0n) is 17.3. The van der Waals surface area contributed by atoms with Gasteiger partial charge in [-0.25, -0.2) is 9.59 Å². The fourth-order valence-electron chi connectivity index (χ4n) is 2.56. The standard InChI is InChI=1S/C20H21ClN2O6S2/c1-5-28-13-8-7-11(9-12(13)21)16(24)22-20(30)23-17-14(18(25)29-6-2)10(3)15(31-17)19(26)27-4/h7-9H,5-6H2,1-4H3,(H2,22,23,24,30). The average molecular weight is 485 g/mol. The van der Waals surface area contributed by atoms with Gasteiger partial charge in [0.1, 0.15) is 15.6 Å². The smallest absolute Gasteiger partial charge is 0.348 e. The Morgan fingerprint density at radius 1 is 1.16 bits per heavy atom. The van der Waals surface area contributed by atoms with E-state index in [0.717, 1.165) is 11.3 Å². The second-order valence-corrected chi connectivity index (χ2v) is 7.79. The van der Waals surface area contributed by atoms with Gasteiger partial charge in [0.15, 0.2) is 5.11 Å². The van der Waals surface area contributed by atoms with Crippen molar-refractivity contribution in [3.8, 4) is 5.75 Å². The van der Waals surface area contributed by atoms with Crippen molar-refractivity contribution in [1.82, 2.24) is 5.32 Å². The van der Waals surface area contributed by atoms with Crippen LogP contribution < -0.4 is 15.4 Å². The molecule has 0 aliphatic carbocycles. The molecule has 2 rings (SSSR count). The molecular formula is C20H21ClN2O6S2. The van der Waals surface area contributed by atoms with Gasteiger partial charge in [0.2, 0.25) is 0 Å². The van der Waals surface area contributed by atoms with Crippen LogP contribution in [0.3, 0.4) is 0 Å². The molecule has 166 valence electrons. The zero-order chi connectivity index (χ0) is 23.1. The molecule has 11 heteroatoms. The Morgan fingerprint density at radius 3 is 2.45 bits per heavy atom. The summed E-state index contributed by atoms with van der Waals surface area (Å²) in [4.78, 5) is 37.1. The fraction of sp³-hybridized carbons (Fsp3) is 0.300. The molecule has 0 aliphatic heterocycles. The van der Waals surface area contributed by atoms with Gasteiger partial charge in [0, 0.05) is 5.56 Å². The Kier molecular flexibility index (Phi) is 8.78. The maximum Gasteiger partial charge on any atom is 0.348 e. The Bertz CT molecular complexity index is 1020. The maximum atomic E-state index is 12.5. The summed E-state index contributed by atoms with van der Waals surface area (Å²) < 4.78 is 15.2. The van der Waals surface area contributed by atoms with E-state index in [-0.39, 0.29) is 37.7 Å². The van der Waals surface area contributed by atoms with Crippen LogP contribution in [0.25, 0.3) is 0 Å². The van der Waals surface area contributed by atoms with Crippen LogP contribution in [-0.2, 0) is 9.47 Å². The maximum absolute atomic E-state index is 12.5. The van der Waals surface area contributed by atoms with Crippen molar-refractivity contribution in [2.75, 3.05) is 25.6 Å². The van der Waals surface area contributed by atoms with E-state index in [2.05, 4.69) is 10.6 Å². The summed E-state index contributed by atoms with van der Waals surface area (Å²) in [6.45, 7) is 5.69. The number of anilines is 1. The Morgan fingerprint density at radius 2 is 1.87 bits per heavy atom. The molecule has 2 N–H and O–H groups in total. The summed E-state index contributed by atoms with van der Waals surface area (Å²) in [5, 5.41) is 5.77. The third kappa shape index (κ3) is 5.93. The molecule has 0 fully saturated rings. The number of benzene rings is 1. The Labute approximate surface area is 193 Å². The van der Waals surface area contributed by atoms with Gasteiger partial charge in [-0.15, -0.1) is 11.3 Å². The van der Waals surface area contributed by atoms with Crippen molar-refractivity contribution in [1.29, 1.82) is 0 Å². The number of methoxy groups -OCH3 is 1. The molecule has 0 bridgehead atoms. The molecule has 0 radical (unpaired) electrons. The number of ether oxygens (including phenoxy) is 3. The summed E-state index contributed by atoms with van der Waals surface area (Å²) in [5.74, 6) is -1.27. The van der Waals surface area contributed by atoms with Crippen LogP contribution in [0.1, 0.15) is 49.8 Å². The molecule has 1 aromatic carbocycles. The van der Waals surface area contributed by atoms with Crippen molar-refractivity contribution in [3.05, 3.63) is 44.8 Å². The van der Waals surface area contributed by atoms with Crippen LogP contribution in [-0.4, -0.2) is 43.3 Å². The van der Waals surface area contributed by atoms with Crippen LogP contribution >= 0.6 is 35.2 Å².